The maximum absolute atomic E-state index is 6.14. The molecule has 3 heteroatoms. The first kappa shape index (κ1) is 11.9. The standard InChI is InChI=1S/C13H19ClN2/c1-15-8-10-16(11-9-15)7-6-12-4-2-3-5-13(12)14/h2-5H,6-11H2,1H3. The summed E-state index contributed by atoms with van der Waals surface area (Å²) in [4.78, 5) is 4.90. The smallest absolute Gasteiger partial charge is 0.0438 e. The molecule has 88 valence electrons. The van der Waals surface area contributed by atoms with E-state index in [1.807, 2.05) is 12.1 Å². The number of halogens is 1. The van der Waals surface area contributed by atoms with Gasteiger partial charge in [-0.05, 0) is 25.1 Å². The van der Waals surface area contributed by atoms with E-state index in [2.05, 4.69) is 29.0 Å². The van der Waals surface area contributed by atoms with E-state index in [0.29, 0.717) is 0 Å². The molecule has 0 bridgehead atoms. The van der Waals surface area contributed by atoms with Crippen LogP contribution in [0.3, 0.4) is 0 Å². The van der Waals surface area contributed by atoms with Gasteiger partial charge in [-0.15, -0.1) is 0 Å². The van der Waals surface area contributed by atoms with Gasteiger partial charge in [0.15, 0.2) is 0 Å². The molecule has 0 N–H and O–H groups in total. The van der Waals surface area contributed by atoms with E-state index in [1.54, 1.807) is 0 Å². The average molecular weight is 239 g/mol. The zero-order valence-electron chi connectivity index (χ0n) is 9.82. The molecule has 0 amide bonds. The molecule has 0 saturated carbocycles. The monoisotopic (exact) mass is 238 g/mol. The molecule has 1 heterocycles. The van der Waals surface area contributed by atoms with E-state index >= 15 is 0 Å². The summed E-state index contributed by atoms with van der Waals surface area (Å²) in [6, 6.07) is 8.14. The SMILES string of the molecule is CN1CCN(CCc2ccccc2Cl)CC1. The van der Waals surface area contributed by atoms with Crippen LogP contribution in [-0.4, -0.2) is 49.6 Å². The van der Waals surface area contributed by atoms with E-state index in [4.69, 9.17) is 11.6 Å². The van der Waals surface area contributed by atoms with Crippen LogP contribution in [0.4, 0.5) is 0 Å². The second-order valence-electron chi connectivity index (χ2n) is 4.49. The van der Waals surface area contributed by atoms with Crippen molar-refractivity contribution in [2.24, 2.45) is 0 Å². The Bertz CT molecular complexity index is 332. The Labute approximate surface area is 103 Å². The minimum Gasteiger partial charge on any atom is -0.304 e. The molecular weight excluding hydrogens is 220 g/mol. The zero-order chi connectivity index (χ0) is 11.4. The van der Waals surface area contributed by atoms with Gasteiger partial charge in [0.1, 0.15) is 0 Å². The molecule has 16 heavy (non-hydrogen) atoms. The van der Waals surface area contributed by atoms with E-state index in [-0.39, 0.29) is 0 Å². The molecular formula is C13H19ClN2. The zero-order valence-corrected chi connectivity index (χ0v) is 10.6. The van der Waals surface area contributed by atoms with Gasteiger partial charge in [-0.1, -0.05) is 29.8 Å². The molecule has 0 aliphatic carbocycles. The molecule has 0 spiro atoms. The van der Waals surface area contributed by atoms with Gasteiger partial charge in [-0.3, -0.25) is 0 Å². The van der Waals surface area contributed by atoms with E-state index in [9.17, 15) is 0 Å². The van der Waals surface area contributed by atoms with Crippen LogP contribution in [-0.2, 0) is 6.42 Å². The minimum absolute atomic E-state index is 0.900. The van der Waals surface area contributed by atoms with Crippen LogP contribution in [0.1, 0.15) is 5.56 Å². The summed E-state index contributed by atoms with van der Waals surface area (Å²) in [5.74, 6) is 0. The molecule has 1 aliphatic rings. The molecule has 1 saturated heterocycles. The van der Waals surface area contributed by atoms with Crippen molar-refractivity contribution in [2.45, 2.75) is 6.42 Å². The number of rotatable bonds is 3. The van der Waals surface area contributed by atoms with Gasteiger partial charge in [-0.2, -0.15) is 0 Å². The Hall–Kier alpha value is -0.570. The third kappa shape index (κ3) is 3.21. The van der Waals surface area contributed by atoms with Crippen LogP contribution in [0.25, 0.3) is 0 Å². The highest BCUT2D eigenvalue weighted by molar-refractivity contribution is 6.31. The number of likely N-dealkylation sites (N-methyl/N-ethyl adjacent to an activating group) is 1. The highest BCUT2D eigenvalue weighted by atomic mass is 35.5. The highest BCUT2D eigenvalue weighted by Crippen LogP contribution is 2.15. The molecule has 0 radical (unpaired) electrons. The number of hydrogen-bond donors (Lipinski definition) is 0. The fraction of sp³-hybridized carbons (Fsp3) is 0.538. The first-order valence-corrected chi connectivity index (χ1v) is 6.28. The van der Waals surface area contributed by atoms with E-state index in [0.717, 1.165) is 18.0 Å². The fourth-order valence-corrected chi connectivity index (χ4v) is 2.28. The summed E-state index contributed by atoms with van der Waals surface area (Å²) in [5, 5.41) is 0.900. The lowest BCUT2D eigenvalue weighted by atomic mass is 10.1. The van der Waals surface area contributed by atoms with Crippen LogP contribution in [0.5, 0.6) is 0 Å². The largest absolute Gasteiger partial charge is 0.304 e. The van der Waals surface area contributed by atoms with Crippen molar-refractivity contribution >= 4 is 11.6 Å². The number of nitrogens with zero attached hydrogens (tertiary/aromatic N) is 2. The maximum Gasteiger partial charge on any atom is 0.0438 e. The first-order chi connectivity index (χ1) is 7.75. The predicted molar refractivity (Wildman–Crippen MR) is 69.1 cm³/mol. The van der Waals surface area contributed by atoms with Crippen molar-refractivity contribution in [3.63, 3.8) is 0 Å². The maximum atomic E-state index is 6.14. The van der Waals surface area contributed by atoms with Crippen LogP contribution in [0, 0.1) is 0 Å². The van der Waals surface area contributed by atoms with Crippen molar-refractivity contribution in [3.05, 3.63) is 34.9 Å². The minimum atomic E-state index is 0.900. The summed E-state index contributed by atoms with van der Waals surface area (Å²) in [6.45, 7) is 5.85. The van der Waals surface area contributed by atoms with Gasteiger partial charge in [0, 0.05) is 37.7 Å². The average Bonchev–Trinajstić information content (AvgIpc) is 2.30. The van der Waals surface area contributed by atoms with E-state index < -0.39 is 0 Å². The Morgan fingerprint density at radius 1 is 1.12 bits per heavy atom. The van der Waals surface area contributed by atoms with Gasteiger partial charge < -0.3 is 9.80 Å². The lowest BCUT2D eigenvalue weighted by Crippen LogP contribution is -2.45. The third-order valence-corrected chi connectivity index (χ3v) is 3.62. The predicted octanol–water partition coefficient (Wildman–Crippen LogP) is 2.13. The van der Waals surface area contributed by atoms with Crippen molar-refractivity contribution < 1.29 is 0 Å². The van der Waals surface area contributed by atoms with Crippen LogP contribution < -0.4 is 0 Å². The fourth-order valence-electron chi connectivity index (χ4n) is 2.05. The Morgan fingerprint density at radius 2 is 1.81 bits per heavy atom. The van der Waals surface area contributed by atoms with Gasteiger partial charge >= 0.3 is 0 Å². The molecule has 2 nitrogen and oxygen atoms in total. The van der Waals surface area contributed by atoms with E-state index in [1.165, 1.54) is 31.7 Å². The molecule has 1 aromatic rings. The molecule has 0 unspecified atom stereocenters. The Morgan fingerprint density at radius 3 is 2.50 bits per heavy atom. The normalized spacial score (nSPS) is 18.9. The summed E-state index contributed by atoms with van der Waals surface area (Å²) in [7, 11) is 2.19. The second-order valence-corrected chi connectivity index (χ2v) is 4.89. The van der Waals surface area contributed by atoms with Crippen molar-refractivity contribution in [2.75, 3.05) is 39.8 Å². The molecule has 1 aromatic carbocycles. The van der Waals surface area contributed by atoms with Gasteiger partial charge in [0.25, 0.3) is 0 Å². The summed E-state index contributed by atoms with van der Waals surface area (Å²) >= 11 is 6.14. The Kier molecular flexibility index (Phi) is 4.22. The lowest BCUT2D eigenvalue weighted by molar-refractivity contribution is 0.155. The second kappa shape index (κ2) is 5.67. The number of piperazine rings is 1. The summed E-state index contributed by atoms with van der Waals surface area (Å²) in [6.07, 6.45) is 1.06. The summed E-state index contributed by atoms with van der Waals surface area (Å²) < 4.78 is 0. The number of benzene rings is 1. The van der Waals surface area contributed by atoms with Crippen molar-refractivity contribution in [1.82, 2.24) is 9.80 Å². The van der Waals surface area contributed by atoms with Crippen molar-refractivity contribution in [1.29, 1.82) is 0 Å². The topological polar surface area (TPSA) is 6.48 Å². The van der Waals surface area contributed by atoms with Crippen molar-refractivity contribution in [3.8, 4) is 0 Å². The first-order valence-electron chi connectivity index (χ1n) is 5.90. The lowest BCUT2D eigenvalue weighted by Gasteiger charge is -2.32. The summed E-state index contributed by atoms with van der Waals surface area (Å²) in [5.41, 5.74) is 1.27. The molecule has 1 aliphatic heterocycles. The number of hydrogen-bond acceptors (Lipinski definition) is 2. The molecule has 0 aromatic heterocycles. The highest BCUT2D eigenvalue weighted by Gasteiger charge is 2.13. The van der Waals surface area contributed by atoms with Gasteiger partial charge in [-0.25, -0.2) is 0 Å². The third-order valence-electron chi connectivity index (χ3n) is 3.25. The van der Waals surface area contributed by atoms with Crippen LogP contribution in [0.15, 0.2) is 24.3 Å². The van der Waals surface area contributed by atoms with Crippen LogP contribution in [0.2, 0.25) is 5.02 Å². The van der Waals surface area contributed by atoms with Gasteiger partial charge in [0.2, 0.25) is 0 Å². The van der Waals surface area contributed by atoms with Crippen LogP contribution >= 0.6 is 11.6 Å². The van der Waals surface area contributed by atoms with Gasteiger partial charge in [0.05, 0.1) is 0 Å². The molecule has 0 atom stereocenters. The Balaban J connectivity index is 1.81. The molecule has 1 fully saturated rings. The quantitative estimate of drug-likeness (QED) is 0.796. The molecule has 2 rings (SSSR count).